The van der Waals surface area contributed by atoms with Gasteiger partial charge in [-0.3, -0.25) is 9.78 Å². The van der Waals surface area contributed by atoms with E-state index in [2.05, 4.69) is 14.8 Å². The number of urea groups is 1. The first-order valence-corrected chi connectivity index (χ1v) is 13.2. The zero-order valence-corrected chi connectivity index (χ0v) is 21.0. The molecule has 1 spiro atoms. The van der Waals surface area contributed by atoms with Gasteiger partial charge in [-0.05, 0) is 44.9 Å². The number of aliphatic hydroxyl groups excluding tert-OH is 1. The number of hydrogen-bond acceptors (Lipinski definition) is 5. The number of amides is 3. The third-order valence-corrected chi connectivity index (χ3v) is 8.75. The molecule has 0 bridgehead atoms. The molecule has 1 aromatic heterocycles. The van der Waals surface area contributed by atoms with Crippen LogP contribution in [0.1, 0.15) is 44.9 Å². The van der Waals surface area contributed by atoms with Crippen LogP contribution in [0.3, 0.4) is 0 Å². The topological polar surface area (TPSA) is 80.2 Å². The minimum Gasteiger partial charge on any atom is -0.393 e. The van der Waals surface area contributed by atoms with Crippen molar-refractivity contribution in [2.75, 3.05) is 50.7 Å². The van der Waals surface area contributed by atoms with Crippen molar-refractivity contribution in [3.8, 4) is 0 Å². The van der Waals surface area contributed by atoms with E-state index in [1.54, 1.807) is 12.4 Å². The Hall–Kier alpha value is -1.77. The average Bonchev–Trinajstić information content (AvgIpc) is 3.14. The number of carbonyl (C=O) groups excluding carboxylic acids is 2. The van der Waals surface area contributed by atoms with Gasteiger partial charge < -0.3 is 24.7 Å². The van der Waals surface area contributed by atoms with Crippen molar-refractivity contribution in [2.45, 2.75) is 57.1 Å². The Labute approximate surface area is 210 Å². The summed E-state index contributed by atoms with van der Waals surface area (Å²) in [5, 5.41) is 10.9. The predicted molar refractivity (Wildman–Crippen MR) is 131 cm³/mol. The fourth-order valence-corrected chi connectivity index (χ4v) is 6.87. The van der Waals surface area contributed by atoms with Gasteiger partial charge in [-0.1, -0.05) is 23.2 Å². The lowest BCUT2D eigenvalue weighted by Gasteiger charge is -2.43. The van der Waals surface area contributed by atoms with Gasteiger partial charge in [-0.25, -0.2) is 4.79 Å². The molecular formula is C24H33Cl2N5O3. The maximum absolute atomic E-state index is 13.5. The number of likely N-dealkylation sites (tertiary alicyclic amines) is 2. The molecule has 8 nitrogen and oxygen atoms in total. The van der Waals surface area contributed by atoms with Crippen molar-refractivity contribution >= 4 is 40.8 Å². The average molecular weight is 510 g/mol. The summed E-state index contributed by atoms with van der Waals surface area (Å²) in [6.07, 6.45) is 8.78. The molecule has 4 heterocycles. The molecule has 34 heavy (non-hydrogen) atoms. The van der Waals surface area contributed by atoms with Gasteiger partial charge in [0.25, 0.3) is 0 Å². The molecule has 0 unspecified atom stereocenters. The summed E-state index contributed by atoms with van der Waals surface area (Å²) in [5.74, 6) is 0.221. The molecule has 4 fully saturated rings. The molecule has 3 amide bonds. The maximum atomic E-state index is 13.5. The number of halogens is 2. The van der Waals surface area contributed by atoms with Crippen LogP contribution in [0.25, 0.3) is 0 Å². The summed E-state index contributed by atoms with van der Waals surface area (Å²) in [6.45, 7) is 4.45. The van der Waals surface area contributed by atoms with Crippen LogP contribution >= 0.6 is 23.2 Å². The van der Waals surface area contributed by atoms with Gasteiger partial charge in [0.15, 0.2) is 0 Å². The van der Waals surface area contributed by atoms with Gasteiger partial charge in [-0.2, -0.15) is 0 Å². The quantitative estimate of drug-likeness (QED) is 0.661. The highest BCUT2D eigenvalue weighted by atomic mass is 35.5. The van der Waals surface area contributed by atoms with Crippen LogP contribution < -0.4 is 4.90 Å². The Kier molecular flexibility index (Phi) is 6.84. The first-order chi connectivity index (χ1) is 16.4. The van der Waals surface area contributed by atoms with Crippen molar-refractivity contribution in [3.05, 3.63) is 22.4 Å². The lowest BCUT2D eigenvalue weighted by atomic mass is 9.78. The van der Waals surface area contributed by atoms with E-state index in [9.17, 15) is 14.7 Å². The molecule has 0 aromatic carbocycles. The Morgan fingerprint density at radius 1 is 0.941 bits per heavy atom. The van der Waals surface area contributed by atoms with Crippen molar-refractivity contribution in [1.29, 1.82) is 0 Å². The largest absolute Gasteiger partial charge is 0.393 e. The Morgan fingerprint density at radius 2 is 1.62 bits per heavy atom. The van der Waals surface area contributed by atoms with E-state index in [0.717, 1.165) is 57.2 Å². The monoisotopic (exact) mass is 509 g/mol. The highest BCUT2D eigenvalue weighted by Gasteiger charge is 2.51. The van der Waals surface area contributed by atoms with E-state index >= 15 is 0 Å². The Balaban J connectivity index is 1.20. The molecule has 1 atom stereocenters. The van der Waals surface area contributed by atoms with Crippen LogP contribution in [0.4, 0.5) is 10.5 Å². The van der Waals surface area contributed by atoms with Gasteiger partial charge in [0.2, 0.25) is 5.91 Å². The Morgan fingerprint density at radius 3 is 2.29 bits per heavy atom. The number of aliphatic hydroxyl groups is 1. The number of pyridine rings is 1. The highest BCUT2D eigenvalue weighted by molar-refractivity contribution is 6.38. The third-order valence-electron chi connectivity index (χ3n) is 8.19. The standard InChI is InChI=1S/C24H33Cl2N5O3/c25-19-14-27-15-20(26)21(19)28-10-12-29(13-11-28)23(34)30-8-1-6-24(16-30)7-9-31(22(24)33)17-2-4-18(32)5-3-17/h14-15,17-18,32H,1-13,16H2/t17-,18-,24-/m1/s1. The highest BCUT2D eigenvalue weighted by Crippen LogP contribution is 2.43. The number of rotatable bonds is 2. The van der Waals surface area contributed by atoms with Crippen LogP contribution in [0.5, 0.6) is 0 Å². The van der Waals surface area contributed by atoms with E-state index in [0.29, 0.717) is 49.3 Å². The van der Waals surface area contributed by atoms with Crippen molar-refractivity contribution in [2.24, 2.45) is 5.41 Å². The minimum atomic E-state index is -0.441. The predicted octanol–water partition coefficient (Wildman–Crippen LogP) is 3.25. The molecule has 1 aromatic rings. The first-order valence-electron chi connectivity index (χ1n) is 12.4. The molecule has 1 aliphatic carbocycles. The van der Waals surface area contributed by atoms with Crippen LogP contribution in [0.2, 0.25) is 10.0 Å². The van der Waals surface area contributed by atoms with Crippen molar-refractivity contribution < 1.29 is 14.7 Å². The summed E-state index contributed by atoms with van der Waals surface area (Å²) >= 11 is 12.6. The number of piperidine rings is 1. The zero-order chi connectivity index (χ0) is 23.9. The lowest BCUT2D eigenvalue weighted by molar-refractivity contribution is -0.141. The number of nitrogens with zero attached hydrogens (tertiary/aromatic N) is 5. The van der Waals surface area contributed by atoms with Crippen molar-refractivity contribution in [3.63, 3.8) is 0 Å². The van der Waals surface area contributed by atoms with Crippen LogP contribution in [0.15, 0.2) is 12.4 Å². The SMILES string of the molecule is O=C(N1CCN(c2c(Cl)cncc2Cl)CC1)N1CCC[C@@]2(CCN([C@H]3CC[C@H](O)CC3)C2=O)C1. The molecule has 3 aliphatic heterocycles. The number of hydrogen-bond donors (Lipinski definition) is 1. The summed E-state index contributed by atoms with van der Waals surface area (Å²) in [6, 6.07) is 0.263. The second kappa shape index (κ2) is 9.70. The fraction of sp³-hybridized carbons (Fsp3) is 0.708. The maximum Gasteiger partial charge on any atom is 0.320 e. The first kappa shape index (κ1) is 23.9. The van der Waals surface area contributed by atoms with E-state index in [1.165, 1.54) is 0 Å². The van der Waals surface area contributed by atoms with Gasteiger partial charge in [0.1, 0.15) is 0 Å². The summed E-state index contributed by atoms with van der Waals surface area (Å²) in [5.41, 5.74) is 0.332. The molecule has 4 aliphatic rings. The van der Waals surface area contributed by atoms with E-state index in [-0.39, 0.29) is 24.1 Å². The molecule has 5 rings (SSSR count). The van der Waals surface area contributed by atoms with Gasteiger partial charge in [0, 0.05) is 64.2 Å². The van der Waals surface area contributed by atoms with E-state index < -0.39 is 5.41 Å². The molecule has 3 saturated heterocycles. The molecule has 1 saturated carbocycles. The molecule has 10 heteroatoms. The summed E-state index contributed by atoms with van der Waals surface area (Å²) in [4.78, 5) is 38.9. The van der Waals surface area contributed by atoms with E-state index in [1.807, 2.05) is 9.80 Å². The van der Waals surface area contributed by atoms with Gasteiger partial charge in [0.05, 0.1) is 27.3 Å². The summed E-state index contributed by atoms with van der Waals surface area (Å²) in [7, 11) is 0. The lowest BCUT2D eigenvalue weighted by Crippen LogP contribution is -2.57. The number of aromatic nitrogens is 1. The second-order valence-corrected chi connectivity index (χ2v) is 11.0. The van der Waals surface area contributed by atoms with Gasteiger partial charge >= 0.3 is 6.03 Å². The van der Waals surface area contributed by atoms with Crippen LogP contribution in [-0.4, -0.2) is 94.7 Å². The van der Waals surface area contributed by atoms with Crippen molar-refractivity contribution in [1.82, 2.24) is 19.7 Å². The van der Waals surface area contributed by atoms with Crippen LogP contribution in [0, 0.1) is 5.41 Å². The molecular weight excluding hydrogens is 477 g/mol. The molecule has 0 radical (unpaired) electrons. The molecule has 186 valence electrons. The van der Waals surface area contributed by atoms with Gasteiger partial charge in [-0.15, -0.1) is 0 Å². The minimum absolute atomic E-state index is 0.0256. The zero-order valence-electron chi connectivity index (χ0n) is 19.5. The smallest absolute Gasteiger partial charge is 0.320 e. The second-order valence-electron chi connectivity index (χ2n) is 10.2. The number of carbonyl (C=O) groups is 2. The Bertz CT molecular complexity index is 913. The molecule has 1 N–H and O–H groups in total. The van der Waals surface area contributed by atoms with Crippen LogP contribution in [-0.2, 0) is 4.79 Å². The fourth-order valence-electron chi connectivity index (χ4n) is 6.27. The number of anilines is 1. The summed E-state index contributed by atoms with van der Waals surface area (Å²) < 4.78 is 0. The number of piperazine rings is 1. The normalized spacial score (nSPS) is 30.4. The third kappa shape index (κ3) is 4.44. The van der Waals surface area contributed by atoms with E-state index in [4.69, 9.17) is 23.2 Å².